The number of aromatic hydroxyl groups is 1. The van der Waals surface area contributed by atoms with Crippen LogP contribution in [0.2, 0.25) is 0 Å². The summed E-state index contributed by atoms with van der Waals surface area (Å²) in [5.41, 5.74) is 1.37. The van der Waals surface area contributed by atoms with E-state index in [1.807, 2.05) is 24.3 Å². The van der Waals surface area contributed by atoms with Crippen LogP contribution in [0.4, 0.5) is 5.69 Å². The summed E-state index contributed by atoms with van der Waals surface area (Å²) in [5, 5.41) is 20.4. The number of phenols is 1. The highest BCUT2D eigenvalue weighted by molar-refractivity contribution is 5.84. The largest absolute Gasteiger partial charge is 0.507 e. The number of benzene rings is 2. The quantitative estimate of drug-likeness (QED) is 0.505. The first-order valence-corrected chi connectivity index (χ1v) is 6.70. The van der Waals surface area contributed by atoms with Crippen molar-refractivity contribution < 1.29 is 14.8 Å². The second-order valence-corrected chi connectivity index (χ2v) is 4.63. The van der Waals surface area contributed by atoms with E-state index in [4.69, 9.17) is 4.74 Å². The third-order valence-electron chi connectivity index (χ3n) is 3.14. The Kier molecular flexibility index (Phi) is 5.08. The minimum Gasteiger partial charge on any atom is -0.507 e. The third-order valence-corrected chi connectivity index (χ3v) is 3.14. The van der Waals surface area contributed by atoms with Crippen molar-refractivity contribution in [1.82, 2.24) is 0 Å². The number of hydrogen-bond donors (Lipinski definition) is 1. The molecule has 0 amide bonds. The van der Waals surface area contributed by atoms with Crippen LogP contribution in [-0.4, -0.2) is 29.9 Å². The molecule has 0 fully saturated rings. The van der Waals surface area contributed by atoms with Gasteiger partial charge in [-0.2, -0.15) is 0 Å². The highest BCUT2D eigenvalue weighted by Crippen LogP contribution is 2.21. The molecule has 0 heterocycles. The normalized spacial score (nSPS) is 10.8. The van der Waals surface area contributed by atoms with E-state index >= 15 is 0 Å². The third kappa shape index (κ3) is 4.05. The summed E-state index contributed by atoms with van der Waals surface area (Å²) in [6, 6.07) is 11.5. The van der Waals surface area contributed by atoms with Gasteiger partial charge in [-0.25, -0.2) is 0 Å². The van der Waals surface area contributed by atoms with Gasteiger partial charge in [0.1, 0.15) is 11.5 Å². The van der Waals surface area contributed by atoms with Crippen LogP contribution >= 0.6 is 0 Å². The van der Waals surface area contributed by atoms with Gasteiger partial charge < -0.3 is 9.84 Å². The zero-order valence-corrected chi connectivity index (χ0v) is 12.1. The van der Waals surface area contributed by atoms with Crippen LogP contribution in [0, 0.1) is 10.1 Å². The van der Waals surface area contributed by atoms with E-state index in [0.29, 0.717) is 12.1 Å². The van der Waals surface area contributed by atoms with E-state index < -0.39 is 4.92 Å². The smallest absolute Gasteiger partial charge is 0.270 e. The van der Waals surface area contributed by atoms with Crippen molar-refractivity contribution in [2.45, 2.75) is 6.42 Å². The number of nitro groups is 1. The lowest BCUT2D eigenvalue weighted by Crippen LogP contribution is -1.93. The van der Waals surface area contributed by atoms with Crippen molar-refractivity contribution in [3.05, 3.63) is 63.7 Å². The summed E-state index contributed by atoms with van der Waals surface area (Å²) in [4.78, 5) is 14.4. The van der Waals surface area contributed by atoms with E-state index in [0.717, 1.165) is 17.7 Å². The van der Waals surface area contributed by atoms with Crippen molar-refractivity contribution in [2.24, 2.45) is 4.99 Å². The molecule has 0 aliphatic rings. The van der Waals surface area contributed by atoms with Crippen LogP contribution in [-0.2, 0) is 6.42 Å². The number of non-ortho nitro benzene ring substituents is 1. The van der Waals surface area contributed by atoms with Gasteiger partial charge >= 0.3 is 0 Å². The molecule has 0 spiro atoms. The fraction of sp³-hybridized carbons (Fsp3) is 0.188. The fourth-order valence-corrected chi connectivity index (χ4v) is 1.91. The maximum atomic E-state index is 10.7. The fourth-order valence-electron chi connectivity index (χ4n) is 1.91. The molecule has 6 nitrogen and oxygen atoms in total. The number of methoxy groups -OCH3 is 1. The van der Waals surface area contributed by atoms with Gasteiger partial charge in [-0.3, -0.25) is 15.1 Å². The number of phenolic OH excluding ortho intramolecular Hbond substituents is 1. The molecular weight excluding hydrogens is 284 g/mol. The number of nitrogens with zero attached hydrogens (tertiary/aromatic N) is 2. The molecule has 0 radical (unpaired) electrons. The number of rotatable bonds is 6. The topological polar surface area (TPSA) is 85.0 Å². The molecule has 22 heavy (non-hydrogen) atoms. The Morgan fingerprint density at radius 3 is 2.64 bits per heavy atom. The van der Waals surface area contributed by atoms with Crippen molar-refractivity contribution in [3.8, 4) is 11.5 Å². The van der Waals surface area contributed by atoms with E-state index in [2.05, 4.69) is 4.99 Å². The Morgan fingerprint density at radius 2 is 2.00 bits per heavy atom. The summed E-state index contributed by atoms with van der Waals surface area (Å²) < 4.78 is 5.08. The van der Waals surface area contributed by atoms with Crippen molar-refractivity contribution in [1.29, 1.82) is 0 Å². The number of ether oxygens (including phenoxy) is 1. The van der Waals surface area contributed by atoms with Gasteiger partial charge in [0.15, 0.2) is 0 Å². The van der Waals surface area contributed by atoms with E-state index in [1.54, 1.807) is 7.11 Å². The van der Waals surface area contributed by atoms with Gasteiger partial charge in [-0.1, -0.05) is 12.1 Å². The molecule has 114 valence electrons. The lowest BCUT2D eigenvalue weighted by atomic mass is 10.1. The van der Waals surface area contributed by atoms with Crippen LogP contribution in [0.3, 0.4) is 0 Å². The first kappa shape index (κ1) is 15.5. The first-order valence-electron chi connectivity index (χ1n) is 6.70. The van der Waals surface area contributed by atoms with E-state index in [1.165, 1.54) is 24.4 Å². The molecule has 0 aliphatic heterocycles. The van der Waals surface area contributed by atoms with Crippen molar-refractivity contribution in [3.63, 3.8) is 0 Å². The molecular formula is C16H16N2O4. The maximum absolute atomic E-state index is 10.7. The monoisotopic (exact) mass is 300 g/mol. The van der Waals surface area contributed by atoms with Crippen molar-refractivity contribution >= 4 is 11.9 Å². The Hall–Kier alpha value is -2.89. The summed E-state index contributed by atoms with van der Waals surface area (Å²) in [6.45, 7) is 0.522. The Balaban J connectivity index is 1.97. The Bertz CT molecular complexity index is 681. The second kappa shape index (κ2) is 7.21. The average molecular weight is 300 g/mol. The van der Waals surface area contributed by atoms with Crippen LogP contribution in [0.5, 0.6) is 11.5 Å². The maximum Gasteiger partial charge on any atom is 0.270 e. The second-order valence-electron chi connectivity index (χ2n) is 4.63. The van der Waals surface area contributed by atoms with Gasteiger partial charge in [0.2, 0.25) is 0 Å². The van der Waals surface area contributed by atoms with Gasteiger partial charge in [0, 0.05) is 30.5 Å². The van der Waals surface area contributed by atoms with E-state index in [9.17, 15) is 15.2 Å². The summed E-state index contributed by atoms with van der Waals surface area (Å²) in [7, 11) is 1.62. The summed E-state index contributed by atoms with van der Waals surface area (Å²) in [5.74, 6) is 0.771. The molecule has 0 aliphatic carbocycles. The average Bonchev–Trinajstić information content (AvgIpc) is 2.53. The predicted molar refractivity (Wildman–Crippen MR) is 83.9 cm³/mol. The standard InChI is InChI=1S/C16H16N2O4/c1-22-15-5-2-12(3-6-15)8-9-17-11-13-10-14(18(20)21)4-7-16(13)19/h2-7,10-11,19H,8-9H2,1H3. The SMILES string of the molecule is COc1ccc(CCN=Cc2cc([N+](=O)[O-])ccc2O)cc1. The molecule has 1 N–H and O–H groups in total. The molecule has 0 atom stereocenters. The molecule has 6 heteroatoms. The van der Waals surface area contributed by atoms with Crippen molar-refractivity contribution in [2.75, 3.05) is 13.7 Å². The molecule has 0 aromatic heterocycles. The molecule has 0 saturated carbocycles. The summed E-state index contributed by atoms with van der Waals surface area (Å²) in [6.07, 6.45) is 2.18. The minimum absolute atomic E-state index is 0.0289. The predicted octanol–water partition coefficient (Wildman–Crippen LogP) is 2.97. The van der Waals surface area contributed by atoms with Gasteiger partial charge in [-0.05, 0) is 30.2 Å². The zero-order chi connectivity index (χ0) is 15.9. The molecule has 0 saturated heterocycles. The van der Waals surface area contributed by atoms with Crippen LogP contribution in [0.15, 0.2) is 47.5 Å². The Morgan fingerprint density at radius 1 is 1.27 bits per heavy atom. The minimum atomic E-state index is -0.506. The molecule has 2 aromatic carbocycles. The van der Waals surface area contributed by atoms with Gasteiger partial charge in [0.05, 0.1) is 12.0 Å². The number of aliphatic imine (C=N–C) groups is 1. The lowest BCUT2D eigenvalue weighted by molar-refractivity contribution is -0.384. The number of hydrogen-bond acceptors (Lipinski definition) is 5. The first-order chi connectivity index (χ1) is 10.6. The molecule has 2 rings (SSSR count). The Labute approximate surface area is 127 Å². The van der Waals surface area contributed by atoms with Crippen LogP contribution < -0.4 is 4.74 Å². The highest BCUT2D eigenvalue weighted by Gasteiger charge is 2.08. The van der Waals surface area contributed by atoms with Gasteiger partial charge in [-0.15, -0.1) is 0 Å². The molecule has 0 unspecified atom stereocenters. The summed E-state index contributed by atoms with van der Waals surface area (Å²) >= 11 is 0. The lowest BCUT2D eigenvalue weighted by Gasteiger charge is -2.02. The van der Waals surface area contributed by atoms with E-state index in [-0.39, 0.29) is 11.4 Å². The number of nitro benzene ring substituents is 1. The molecule has 0 bridgehead atoms. The van der Waals surface area contributed by atoms with Crippen LogP contribution in [0.1, 0.15) is 11.1 Å². The highest BCUT2D eigenvalue weighted by atomic mass is 16.6. The molecule has 2 aromatic rings. The zero-order valence-electron chi connectivity index (χ0n) is 12.1. The van der Waals surface area contributed by atoms with Gasteiger partial charge in [0.25, 0.3) is 5.69 Å². The van der Waals surface area contributed by atoms with Crippen LogP contribution in [0.25, 0.3) is 0 Å².